The van der Waals surface area contributed by atoms with Crippen LogP contribution in [-0.2, 0) is 6.42 Å². The van der Waals surface area contributed by atoms with Gasteiger partial charge < -0.3 is 10.6 Å². The zero-order valence-electron chi connectivity index (χ0n) is 10.9. The minimum Gasteiger partial charge on any atom is -0.370 e. The summed E-state index contributed by atoms with van der Waals surface area (Å²) in [6, 6.07) is 12.5. The van der Waals surface area contributed by atoms with Crippen molar-refractivity contribution in [3.63, 3.8) is 0 Å². The predicted octanol–water partition coefficient (Wildman–Crippen LogP) is 3.82. The maximum Gasteiger partial charge on any atom is 0.127 e. The third-order valence-electron chi connectivity index (χ3n) is 2.77. The minimum absolute atomic E-state index is 0.877. The van der Waals surface area contributed by atoms with Crippen molar-refractivity contribution in [2.45, 2.75) is 20.3 Å². The molecular formula is C15H19N3. The molecule has 94 valence electrons. The molecule has 0 aliphatic carbocycles. The first-order valence-corrected chi connectivity index (χ1v) is 6.37. The van der Waals surface area contributed by atoms with Gasteiger partial charge >= 0.3 is 0 Å². The van der Waals surface area contributed by atoms with Crippen molar-refractivity contribution in [2.75, 3.05) is 17.2 Å². The van der Waals surface area contributed by atoms with Gasteiger partial charge in [-0.25, -0.2) is 4.98 Å². The average Bonchev–Trinajstić information content (AvgIpc) is 2.40. The van der Waals surface area contributed by atoms with Crippen molar-refractivity contribution in [1.29, 1.82) is 0 Å². The molecule has 0 unspecified atom stereocenters. The third kappa shape index (κ3) is 3.23. The van der Waals surface area contributed by atoms with Crippen LogP contribution < -0.4 is 10.6 Å². The van der Waals surface area contributed by atoms with Crippen LogP contribution in [0.25, 0.3) is 0 Å². The number of nitrogens with zero attached hydrogens (tertiary/aromatic N) is 1. The Bertz CT molecular complexity index is 491. The summed E-state index contributed by atoms with van der Waals surface area (Å²) in [7, 11) is 0. The van der Waals surface area contributed by atoms with E-state index in [1.54, 1.807) is 6.20 Å². The number of nitrogens with one attached hydrogen (secondary N) is 2. The zero-order valence-corrected chi connectivity index (χ0v) is 10.9. The minimum atomic E-state index is 0.877. The van der Waals surface area contributed by atoms with Crippen LogP contribution in [0.3, 0.4) is 0 Å². The molecule has 1 heterocycles. The van der Waals surface area contributed by atoms with Gasteiger partial charge in [-0.3, -0.25) is 0 Å². The quantitative estimate of drug-likeness (QED) is 0.835. The largest absolute Gasteiger partial charge is 0.370 e. The number of hydrogen-bond acceptors (Lipinski definition) is 3. The number of hydrogen-bond donors (Lipinski definition) is 2. The lowest BCUT2D eigenvalue weighted by Crippen LogP contribution is -1.99. The van der Waals surface area contributed by atoms with Gasteiger partial charge in [0.1, 0.15) is 5.82 Å². The lowest BCUT2D eigenvalue weighted by atomic mass is 10.1. The highest BCUT2D eigenvalue weighted by molar-refractivity contribution is 5.62. The van der Waals surface area contributed by atoms with E-state index in [-0.39, 0.29) is 0 Å². The van der Waals surface area contributed by atoms with Gasteiger partial charge in [-0.15, -0.1) is 0 Å². The Labute approximate surface area is 108 Å². The number of aromatic nitrogens is 1. The second kappa shape index (κ2) is 6.05. The molecule has 1 aromatic carbocycles. The Morgan fingerprint density at radius 1 is 1.00 bits per heavy atom. The number of aryl methyl sites for hydroxylation is 1. The number of benzene rings is 1. The summed E-state index contributed by atoms with van der Waals surface area (Å²) in [5.41, 5.74) is 3.50. The molecule has 1 aromatic heterocycles. The lowest BCUT2D eigenvalue weighted by molar-refractivity contribution is 1.14. The van der Waals surface area contributed by atoms with E-state index in [1.807, 2.05) is 12.1 Å². The summed E-state index contributed by atoms with van der Waals surface area (Å²) >= 11 is 0. The highest BCUT2D eigenvalue weighted by Crippen LogP contribution is 2.19. The molecule has 0 spiro atoms. The van der Waals surface area contributed by atoms with Crippen LogP contribution in [0.1, 0.15) is 19.4 Å². The smallest absolute Gasteiger partial charge is 0.127 e. The molecule has 0 aliphatic rings. The molecule has 3 heteroatoms. The number of pyridine rings is 1. The van der Waals surface area contributed by atoms with Crippen molar-refractivity contribution in [3.05, 3.63) is 48.2 Å². The molecule has 2 N–H and O–H groups in total. The summed E-state index contributed by atoms with van der Waals surface area (Å²) in [6.45, 7) is 5.10. The van der Waals surface area contributed by atoms with E-state index in [9.17, 15) is 0 Å². The standard InChI is InChI=1S/C15H19N3/c1-3-12-5-7-13(8-6-12)18-14-9-10-17-15(11-14)16-4-2/h5-11H,3-4H2,1-2H3,(H2,16,17,18). The van der Waals surface area contributed by atoms with Crippen molar-refractivity contribution in [3.8, 4) is 0 Å². The Morgan fingerprint density at radius 2 is 1.78 bits per heavy atom. The fourth-order valence-corrected chi connectivity index (χ4v) is 1.78. The highest BCUT2D eigenvalue weighted by atomic mass is 15.0. The normalized spacial score (nSPS) is 10.1. The van der Waals surface area contributed by atoms with Crippen molar-refractivity contribution >= 4 is 17.2 Å². The fourth-order valence-electron chi connectivity index (χ4n) is 1.78. The maximum atomic E-state index is 4.25. The second-order valence-corrected chi connectivity index (χ2v) is 4.14. The lowest BCUT2D eigenvalue weighted by Gasteiger charge is -2.09. The first-order valence-electron chi connectivity index (χ1n) is 6.37. The Hall–Kier alpha value is -2.03. The van der Waals surface area contributed by atoms with Gasteiger partial charge in [-0.05, 0) is 37.1 Å². The van der Waals surface area contributed by atoms with Crippen LogP contribution in [0, 0.1) is 0 Å². The van der Waals surface area contributed by atoms with E-state index in [0.717, 1.165) is 30.2 Å². The van der Waals surface area contributed by atoms with Gasteiger partial charge in [0.25, 0.3) is 0 Å². The van der Waals surface area contributed by atoms with Crippen LogP contribution in [0.4, 0.5) is 17.2 Å². The molecular weight excluding hydrogens is 222 g/mol. The Balaban J connectivity index is 2.09. The molecule has 0 radical (unpaired) electrons. The van der Waals surface area contributed by atoms with E-state index in [4.69, 9.17) is 0 Å². The van der Waals surface area contributed by atoms with Gasteiger partial charge in [0.2, 0.25) is 0 Å². The van der Waals surface area contributed by atoms with E-state index in [1.165, 1.54) is 5.56 Å². The molecule has 0 saturated carbocycles. The molecule has 0 amide bonds. The first kappa shape index (κ1) is 12.4. The first-order chi connectivity index (χ1) is 8.81. The fraction of sp³-hybridized carbons (Fsp3) is 0.267. The number of rotatable bonds is 5. The van der Waals surface area contributed by atoms with Crippen LogP contribution in [-0.4, -0.2) is 11.5 Å². The monoisotopic (exact) mass is 241 g/mol. The SMILES string of the molecule is CCNc1cc(Nc2ccc(CC)cc2)ccn1. The van der Waals surface area contributed by atoms with Gasteiger partial charge in [-0.1, -0.05) is 19.1 Å². The van der Waals surface area contributed by atoms with Gasteiger partial charge in [0.05, 0.1) is 0 Å². The summed E-state index contributed by atoms with van der Waals surface area (Å²) in [5.74, 6) is 0.896. The summed E-state index contributed by atoms with van der Waals surface area (Å²) in [5, 5.41) is 6.57. The molecule has 0 saturated heterocycles. The molecule has 18 heavy (non-hydrogen) atoms. The van der Waals surface area contributed by atoms with Crippen molar-refractivity contribution in [2.24, 2.45) is 0 Å². The predicted molar refractivity (Wildman–Crippen MR) is 77.5 cm³/mol. The van der Waals surface area contributed by atoms with E-state index < -0.39 is 0 Å². The average molecular weight is 241 g/mol. The maximum absolute atomic E-state index is 4.25. The molecule has 0 fully saturated rings. The topological polar surface area (TPSA) is 37.0 Å². The Morgan fingerprint density at radius 3 is 2.44 bits per heavy atom. The molecule has 0 aliphatic heterocycles. The highest BCUT2D eigenvalue weighted by Gasteiger charge is 1.97. The van der Waals surface area contributed by atoms with Crippen LogP contribution >= 0.6 is 0 Å². The van der Waals surface area contributed by atoms with E-state index >= 15 is 0 Å². The van der Waals surface area contributed by atoms with Gasteiger partial charge in [0, 0.05) is 30.2 Å². The Kier molecular flexibility index (Phi) is 4.18. The summed E-state index contributed by atoms with van der Waals surface area (Å²) < 4.78 is 0. The number of anilines is 3. The third-order valence-corrected chi connectivity index (χ3v) is 2.77. The summed E-state index contributed by atoms with van der Waals surface area (Å²) in [6.07, 6.45) is 2.88. The van der Waals surface area contributed by atoms with E-state index in [2.05, 4.69) is 53.7 Å². The van der Waals surface area contributed by atoms with Crippen molar-refractivity contribution in [1.82, 2.24) is 4.98 Å². The van der Waals surface area contributed by atoms with Crippen LogP contribution in [0.5, 0.6) is 0 Å². The van der Waals surface area contributed by atoms with Crippen molar-refractivity contribution < 1.29 is 0 Å². The molecule has 0 atom stereocenters. The van der Waals surface area contributed by atoms with Gasteiger partial charge in [-0.2, -0.15) is 0 Å². The van der Waals surface area contributed by atoms with Crippen LogP contribution in [0.15, 0.2) is 42.6 Å². The molecule has 0 bridgehead atoms. The van der Waals surface area contributed by atoms with E-state index in [0.29, 0.717) is 0 Å². The molecule has 2 aromatic rings. The van der Waals surface area contributed by atoms with Crippen LogP contribution in [0.2, 0.25) is 0 Å². The van der Waals surface area contributed by atoms with Gasteiger partial charge in [0.15, 0.2) is 0 Å². The second-order valence-electron chi connectivity index (χ2n) is 4.14. The molecule has 3 nitrogen and oxygen atoms in total. The summed E-state index contributed by atoms with van der Waals surface area (Å²) in [4.78, 5) is 4.25. The zero-order chi connectivity index (χ0) is 12.8. The molecule has 2 rings (SSSR count).